The van der Waals surface area contributed by atoms with Crippen molar-refractivity contribution in [3.8, 4) is 56.4 Å². The van der Waals surface area contributed by atoms with E-state index in [0.29, 0.717) is 23.0 Å². The molecule has 0 saturated carbocycles. The standard InChI is InChI=1S/C55H33NO2S/c1-2-13-36(14-3-1)56(37-28-25-34(26-29-37)35-27-30-53-43(31-35)41-18-7-11-24-52(41)59-53)48-22-12-23-49-54(48)58-50-32-42-40-17-6-10-21-46(40)55(47(42)33-51(50)57-49)44-19-8-4-15-38(44)39-16-5-9-20-45(39)55/h1-33H. The van der Waals surface area contributed by atoms with Crippen LogP contribution >= 0.6 is 11.3 Å². The molecule has 2 heterocycles. The summed E-state index contributed by atoms with van der Waals surface area (Å²) in [4.78, 5) is 2.26. The van der Waals surface area contributed by atoms with Gasteiger partial charge in [0.1, 0.15) is 0 Å². The summed E-state index contributed by atoms with van der Waals surface area (Å²) in [5.74, 6) is 2.78. The molecule has 2 aliphatic carbocycles. The van der Waals surface area contributed by atoms with Crippen LogP contribution in [0.3, 0.4) is 0 Å². The van der Waals surface area contributed by atoms with Crippen LogP contribution in [0.5, 0.6) is 23.0 Å². The summed E-state index contributed by atoms with van der Waals surface area (Å²) < 4.78 is 16.6. The molecule has 1 spiro atoms. The number of hydrogen-bond acceptors (Lipinski definition) is 4. The Bertz CT molecular complexity index is 3300. The molecule has 3 nitrogen and oxygen atoms in total. The van der Waals surface area contributed by atoms with Crippen molar-refractivity contribution in [2.75, 3.05) is 4.90 Å². The minimum Gasteiger partial charge on any atom is -0.449 e. The summed E-state index contributed by atoms with van der Waals surface area (Å²) >= 11 is 1.85. The number of nitrogens with zero attached hydrogens (tertiary/aromatic N) is 1. The van der Waals surface area contributed by atoms with Crippen molar-refractivity contribution in [3.63, 3.8) is 0 Å². The third-order valence-electron chi connectivity index (χ3n) is 12.5. The highest BCUT2D eigenvalue weighted by molar-refractivity contribution is 7.25. The zero-order valence-electron chi connectivity index (χ0n) is 31.7. The van der Waals surface area contributed by atoms with Crippen LogP contribution in [0.25, 0.3) is 53.6 Å². The van der Waals surface area contributed by atoms with Gasteiger partial charge >= 0.3 is 0 Å². The van der Waals surface area contributed by atoms with Crippen LogP contribution in [0.1, 0.15) is 22.3 Å². The maximum Gasteiger partial charge on any atom is 0.194 e. The average molecular weight is 772 g/mol. The van der Waals surface area contributed by atoms with Gasteiger partial charge in [-0.25, -0.2) is 0 Å². The number of benzene rings is 9. The smallest absolute Gasteiger partial charge is 0.194 e. The van der Waals surface area contributed by atoms with Crippen molar-refractivity contribution in [1.82, 2.24) is 0 Å². The number of anilines is 3. The molecule has 0 amide bonds. The Labute approximate surface area is 345 Å². The first kappa shape index (κ1) is 32.7. The van der Waals surface area contributed by atoms with Gasteiger partial charge in [-0.15, -0.1) is 11.3 Å². The van der Waals surface area contributed by atoms with Gasteiger partial charge in [-0.1, -0.05) is 133 Å². The van der Waals surface area contributed by atoms with Crippen LogP contribution in [0.2, 0.25) is 0 Å². The Balaban J connectivity index is 0.926. The zero-order chi connectivity index (χ0) is 38.7. The second-order valence-electron chi connectivity index (χ2n) is 15.6. The van der Waals surface area contributed by atoms with Gasteiger partial charge in [-0.3, -0.25) is 0 Å². The monoisotopic (exact) mass is 771 g/mol. The molecule has 0 saturated heterocycles. The Hall–Kier alpha value is -7.40. The zero-order valence-corrected chi connectivity index (χ0v) is 32.5. The molecule has 0 unspecified atom stereocenters. The predicted molar refractivity (Wildman–Crippen MR) is 242 cm³/mol. The molecule has 13 rings (SSSR count). The van der Waals surface area contributed by atoms with E-state index in [0.717, 1.165) is 17.1 Å². The lowest BCUT2D eigenvalue weighted by Crippen LogP contribution is -2.25. The summed E-state index contributed by atoms with van der Waals surface area (Å²) in [7, 11) is 0. The molecule has 9 aromatic carbocycles. The topological polar surface area (TPSA) is 21.7 Å². The van der Waals surface area contributed by atoms with Crippen molar-refractivity contribution >= 4 is 48.6 Å². The fourth-order valence-corrected chi connectivity index (χ4v) is 11.1. The molecule has 1 aromatic heterocycles. The molecule has 10 aromatic rings. The first-order valence-corrected chi connectivity index (χ1v) is 20.9. The van der Waals surface area contributed by atoms with Crippen molar-refractivity contribution in [3.05, 3.63) is 222 Å². The van der Waals surface area contributed by atoms with Gasteiger partial charge in [-0.2, -0.15) is 0 Å². The van der Waals surface area contributed by atoms with Crippen molar-refractivity contribution in [2.24, 2.45) is 0 Å². The molecule has 276 valence electrons. The first-order chi connectivity index (χ1) is 29.2. The number of para-hydroxylation sites is 2. The van der Waals surface area contributed by atoms with E-state index < -0.39 is 5.41 Å². The quantitative estimate of drug-likeness (QED) is 0.178. The van der Waals surface area contributed by atoms with E-state index in [2.05, 4.69) is 199 Å². The molecule has 3 aliphatic rings. The molecule has 0 radical (unpaired) electrons. The largest absolute Gasteiger partial charge is 0.449 e. The van der Waals surface area contributed by atoms with Crippen LogP contribution in [-0.2, 0) is 5.41 Å². The van der Waals surface area contributed by atoms with E-state index in [1.165, 1.54) is 75.8 Å². The Kier molecular flexibility index (Phi) is 6.81. The molecule has 4 heteroatoms. The highest BCUT2D eigenvalue weighted by Crippen LogP contribution is 2.65. The second-order valence-corrected chi connectivity index (χ2v) is 16.7. The SMILES string of the molecule is c1ccc(N(c2ccc(-c3ccc4sc5ccccc5c4c3)cc2)c2cccc3c2Oc2cc4c(cc2O3)C2(c3ccccc3-c3ccccc32)c2ccccc2-4)cc1. The van der Waals surface area contributed by atoms with Gasteiger partial charge in [0, 0.05) is 31.5 Å². The molecule has 0 atom stereocenters. The van der Waals surface area contributed by atoms with Gasteiger partial charge in [0.05, 0.1) is 11.1 Å². The van der Waals surface area contributed by atoms with Crippen LogP contribution < -0.4 is 14.4 Å². The molecule has 0 fully saturated rings. The highest BCUT2D eigenvalue weighted by atomic mass is 32.1. The second kappa shape index (κ2) is 12.3. The van der Waals surface area contributed by atoms with E-state index in [9.17, 15) is 0 Å². The van der Waals surface area contributed by atoms with Gasteiger partial charge in [0.15, 0.2) is 23.0 Å². The van der Waals surface area contributed by atoms with E-state index in [4.69, 9.17) is 9.47 Å². The normalized spacial score (nSPS) is 13.5. The number of fused-ring (bicyclic) bond motifs is 15. The Morgan fingerprint density at radius 1 is 0.373 bits per heavy atom. The maximum atomic E-state index is 7.06. The van der Waals surface area contributed by atoms with Crippen molar-refractivity contribution in [2.45, 2.75) is 5.41 Å². The highest BCUT2D eigenvalue weighted by Gasteiger charge is 2.52. The molecule has 0 bridgehead atoms. The number of ether oxygens (including phenoxy) is 2. The number of rotatable bonds is 4. The van der Waals surface area contributed by atoms with Crippen LogP contribution in [0, 0.1) is 0 Å². The molecule has 59 heavy (non-hydrogen) atoms. The summed E-state index contributed by atoms with van der Waals surface area (Å²) in [6.07, 6.45) is 0. The van der Waals surface area contributed by atoms with Crippen LogP contribution in [0.15, 0.2) is 200 Å². The third kappa shape index (κ3) is 4.58. The van der Waals surface area contributed by atoms with Gasteiger partial charge < -0.3 is 14.4 Å². The van der Waals surface area contributed by atoms with E-state index in [1.807, 2.05) is 17.4 Å². The van der Waals surface area contributed by atoms with Crippen molar-refractivity contribution in [1.29, 1.82) is 0 Å². The summed E-state index contributed by atoms with van der Waals surface area (Å²) in [6, 6.07) is 72.1. The summed E-state index contributed by atoms with van der Waals surface area (Å²) in [6.45, 7) is 0. The summed E-state index contributed by atoms with van der Waals surface area (Å²) in [5, 5.41) is 2.61. The van der Waals surface area contributed by atoms with Gasteiger partial charge in [0.2, 0.25) is 0 Å². The first-order valence-electron chi connectivity index (χ1n) is 20.1. The van der Waals surface area contributed by atoms with Crippen molar-refractivity contribution < 1.29 is 9.47 Å². The van der Waals surface area contributed by atoms with Crippen LogP contribution in [-0.4, -0.2) is 0 Å². The molecule has 1 aliphatic heterocycles. The Morgan fingerprint density at radius 3 is 1.71 bits per heavy atom. The minimum atomic E-state index is -0.459. The van der Waals surface area contributed by atoms with E-state index in [-0.39, 0.29) is 0 Å². The average Bonchev–Trinajstić information content (AvgIpc) is 3.92. The lowest BCUT2D eigenvalue weighted by Gasteiger charge is -2.32. The fraction of sp³-hybridized carbons (Fsp3) is 0.0182. The summed E-state index contributed by atoms with van der Waals surface area (Å²) in [5.41, 5.74) is 14.9. The van der Waals surface area contributed by atoms with E-state index >= 15 is 0 Å². The number of thiophene rings is 1. The molecular formula is C55H33NO2S. The minimum absolute atomic E-state index is 0.459. The lowest BCUT2D eigenvalue weighted by atomic mass is 9.70. The van der Waals surface area contributed by atoms with E-state index in [1.54, 1.807) is 0 Å². The number of hydrogen-bond donors (Lipinski definition) is 0. The maximum absolute atomic E-state index is 7.06. The predicted octanol–water partition coefficient (Wildman–Crippen LogP) is 15.4. The van der Waals surface area contributed by atoms with Gasteiger partial charge in [0.25, 0.3) is 0 Å². The molecular weight excluding hydrogens is 739 g/mol. The Morgan fingerprint density at radius 2 is 0.966 bits per heavy atom. The fourth-order valence-electron chi connectivity index (χ4n) is 10.1. The van der Waals surface area contributed by atoms with Gasteiger partial charge in [-0.05, 0) is 122 Å². The van der Waals surface area contributed by atoms with Crippen LogP contribution in [0.4, 0.5) is 17.1 Å². The third-order valence-corrected chi connectivity index (χ3v) is 13.7. The molecule has 0 N–H and O–H groups in total. The lowest BCUT2D eigenvalue weighted by molar-refractivity contribution is 0.360.